The third kappa shape index (κ3) is 4.39. The summed E-state index contributed by atoms with van der Waals surface area (Å²) in [6.45, 7) is 6.95. The Bertz CT molecular complexity index is 613. The summed E-state index contributed by atoms with van der Waals surface area (Å²) >= 11 is 0. The molecule has 6 heteroatoms. The Morgan fingerprint density at radius 1 is 1.13 bits per heavy atom. The molecule has 0 bridgehead atoms. The van der Waals surface area contributed by atoms with Crippen LogP contribution in [-0.2, 0) is 0 Å². The van der Waals surface area contributed by atoms with E-state index < -0.39 is 5.95 Å². The molecule has 1 aliphatic heterocycles. The summed E-state index contributed by atoms with van der Waals surface area (Å²) in [5.74, 6) is 1.18. The number of pyridine rings is 2. The lowest BCUT2D eigenvalue weighted by atomic mass is 10.2. The van der Waals surface area contributed by atoms with Gasteiger partial charge in [-0.05, 0) is 31.2 Å². The van der Waals surface area contributed by atoms with E-state index in [0.717, 1.165) is 38.5 Å². The summed E-state index contributed by atoms with van der Waals surface area (Å²) in [5.41, 5.74) is 0. The summed E-state index contributed by atoms with van der Waals surface area (Å²) in [4.78, 5) is 13.0. The molecule has 2 aromatic rings. The van der Waals surface area contributed by atoms with Crippen LogP contribution in [0.1, 0.15) is 6.92 Å². The molecule has 122 valence electrons. The second-order valence-electron chi connectivity index (χ2n) is 5.87. The third-order valence-corrected chi connectivity index (χ3v) is 3.99. The fourth-order valence-electron chi connectivity index (χ4n) is 2.87. The number of nitrogens with one attached hydrogen (secondary N) is 1. The van der Waals surface area contributed by atoms with Crippen LogP contribution < -0.4 is 10.2 Å². The van der Waals surface area contributed by atoms with E-state index >= 15 is 0 Å². The van der Waals surface area contributed by atoms with Crippen LogP contribution >= 0.6 is 0 Å². The largest absolute Gasteiger partial charge is 0.366 e. The zero-order chi connectivity index (χ0) is 16.1. The minimum absolute atomic E-state index is 0.214. The van der Waals surface area contributed by atoms with Gasteiger partial charge in [0.2, 0.25) is 5.95 Å². The molecule has 0 radical (unpaired) electrons. The van der Waals surface area contributed by atoms with Gasteiger partial charge in [-0.3, -0.25) is 4.90 Å². The molecule has 0 aliphatic carbocycles. The van der Waals surface area contributed by atoms with Gasteiger partial charge in [0.25, 0.3) is 0 Å². The summed E-state index contributed by atoms with van der Waals surface area (Å²) in [5, 5.41) is 3.25. The van der Waals surface area contributed by atoms with E-state index in [9.17, 15) is 4.39 Å². The predicted octanol–water partition coefficient (Wildman–Crippen LogP) is 2.24. The Morgan fingerprint density at radius 2 is 1.96 bits per heavy atom. The molecule has 0 aromatic carbocycles. The van der Waals surface area contributed by atoms with Crippen molar-refractivity contribution in [3.8, 4) is 0 Å². The molecule has 1 fully saturated rings. The van der Waals surface area contributed by atoms with Crippen LogP contribution in [0.5, 0.6) is 0 Å². The number of halogens is 1. The number of aromatic nitrogens is 2. The lowest BCUT2D eigenvalue weighted by Crippen LogP contribution is -2.49. The maximum absolute atomic E-state index is 13.1. The molecular formula is C17H22FN5. The fraction of sp³-hybridized carbons (Fsp3) is 0.412. The zero-order valence-electron chi connectivity index (χ0n) is 13.3. The van der Waals surface area contributed by atoms with E-state index in [-0.39, 0.29) is 6.04 Å². The van der Waals surface area contributed by atoms with Gasteiger partial charge in [-0.25, -0.2) is 9.97 Å². The molecule has 23 heavy (non-hydrogen) atoms. The lowest BCUT2D eigenvalue weighted by molar-refractivity contribution is 0.250. The van der Waals surface area contributed by atoms with Gasteiger partial charge in [0.05, 0.1) is 0 Å². The van der Waals surface area contributed by atoms with E-state index in [1.165, 1.54) is 6.07 Å². The molecule has 0 saturated carbocycles. The molecule has 2 aromatic heterocycles. The average molecular weight is 315 g/mol. The first-order chi connectivity index (χ1) is 11.2. The quantitative estimate of drug-likeness (QED) is 0.857. The summed E-state index contributed by atoms with van der Waals surface area (Å²) in [7, 11) is 0. The van der Waals surface area contributed by atoms with Crippen LogP contribution in [0.2, 0.25) is 0 Å². The van der Waals surface area contributed by atoms with Crippen molar-refractivity contribution in [1.82, 2.24) is 14.9 Å². The van der Waals surface area contributed by atoms with Crippen molar-refractivity contribution < 1.29 is 4.39 Å². The van der Waals surface area contributed by atoms with Crippen LogP contribution in [0.3, 0.4) is 0 Å². The molecule has 0 amide bonds. The third-order valence-electron chi connectivity index (χ3n) is 3.99. The van der Waals surface area contributed by atoms with Crippen LogP contribution in [0.15, 0.2) is 42.6 Å². The van der Waals surface area contributed by atoms with Gasteiger partial charge in [-0.15, -0.1) is 0 Å². The maximum atomic E-state index is 13.1. The van der Waals surface area contributed by atoms with Crippen molar-refractivity contribution in [3.63, 3.8) is 0 Å². The van der Waals surface area contributed by atoms with Crippen molar-refractivity contribution in [2.24, 2.45) is 0 Å². The van der Waals surface area contributed by atoms with Gasteiger partial charge in [0.1, 0.15) is 11.6 Å². The first-order valence-electron chi connectivity index (χ1n) is 7.98. The number of hydrogen-bond donors (Lipinski definition) is 1. The number of piperazine rings is 1. The van der Waals surface area contributed by atoms with Crippen molar-refractivity contribution >= 4 is 11.6 Å². The maximum Gasteiger partial charge on any atom is 0.214 e. The highest BCUT2D eigenvalue weighted by molar-refractivity contribution is 5.38. The molecular weight excluding hydrogens is 293 g/mol. The van der Waals surface area contributed by atoms with E-state index in [2.05, 4.69) is 38.1 Å². The monoisotopic (exact) mass is 315 g/mol. The van der Waals surface area contributed by atoms with Crippen molar-refractivity contribution in [1.29, 1.82) is 0 Å². The summed E-state index contributed by atoms with van der Waals surface area (Å²) in [6.07, 6.45) is 1.83. The topological polar surface area (TPSA) is 44.3 Å². The van der Waals surface area contributed by atoms with Gasteiger partial charge >= 0.3 is 0 Å². The normalized spacial score (nSPS) is 17.0. The molecule has 3 rings (SSSR count). The molecule has 1 atom stereocenters. The Hall–Kier alpha value is -2.21. The van der Waals surface area contributed by atoms with Crippen LogP contribution in [0.4, 0.5) is 16.0 Å². The SMILES string of the molecule is CC(CN1CCN(c2ccccn2)CC1)Nc1cccc(F)n1. The van der Waals surface area contributed by atoms with Gasteiger partial charge in [-0.2, -0.15) is 4.39 Å². The van der Waals surface area contributed by atoms with Crippen molar-refractivity contribution in [2.45, 2.75) is 13.0 Å². The van der Waals surface area contributed by atoms with Gasteiger partial charge < -0.3 is 10.2 Å². The van der Waals surface area contributed by atoms with E-state index in [4.69, 9.17) is 0 Å². The first kappa shape index (κ1) is 15.7. The lowest BCUT2D eigenvalue weighted by Gasteiger charge is -2.36. The highest BCUT2D eigenvalue weighted by Gasteiger charge is 2.19. The van der Waals surface area contributed by atoms with Gasteiger partial charge in [-0.1, -0.05) is 12.1 Å². The second-order valence-corrected chi connectivity index (χ2v) is 5.87. The molecule has 1 N–H and O–H groups in total. The molecule has 1 aliphatic rings. The summed E-state index contributed by atoms with van der Waals surface area (Å²) < 4.78 is 13.1. The number of hydrogen-bond acceptors (Lipinski definition) is 5. The zero-order valence-corrected chi connectivity index (χ0v) is 13.3. The van der Waals surface area contributed by atoms with E-state index in [0.29, 0.717) is 5.82 Å². The van der Waals surface area contributed by atoms with Crippen LogP contribution in [0, 0.1) is 5.95 Å². The van der Waals surface area contributed by atoms with Crippen molar-refractivity contribution in [2.75, 3.05) is 42.9 Å². The Morgan fingerprint density at radius 3 is 2.65 bits per heavy atom. The highest BCUT2D eigenvalue weighted by Crippen LogP contribution is 2.13. The average Bonchev–Trinajstić information content (AvgIpc) is 2.56. The van der Waals surface area contributed by atoms with Gasteiger partial charge in [0, 0.05) is 45.0 Å². The predicted molar refractivity (Wildman–Crippen MR) is 90.2 cm³/mol. The second kappa shape index (κ2) is 7.37. The number of nitrogens with zero attached hydrogens (tertiary/aromatic N) is 4. The molecule has 0 spiro atoms. The minimum Gasteiger partial charge on any atom is -0.366 e. The van der Waals surface area contributed by atoms with Crippen LogP contribution in [-0.4, -0.2) is 53.6 Å². The highest BCUT2D eigenvalue weighted by atomic mass is 19.1. The minimum atomic E-state index is -0.453. The van der Waals surface area contributed by atoms with E-state index in [1.807, 2.05) is 18.3 Å². The molecule has 5 nitrogen and oxygen atoms in total. The molecule has 3 heterocycles. The summed E-state index contributed by atoms with van der Waals surface area (Å²) in [6, 6.07) is 11.0. The fourth-order valence-corrected chi connectivity index (χ4v) is 2.87. The van der Waals surface area contributed by atoms with E-state index in [1.54, 1.807) is 12.1 Å². The Balaban J connectivity index is 1.47. The Kier molecular flexibility index (Phi) is 5.02. The molecule has 1 saturated heterocycles. The first-order valence-corrected chi connectivity index (χ1v) is 7.98. The van der Waals surface area contributed by atoms with Crippen molar-refractivity contribution in [3.05, 3.63) is 48.5 Å². The Labute approximate surface area is 136 Å². The number of rotatable bonds is 5. The van der Waals surface area contributed by atoms with Crippen LogP contribution in [0.25, 0.3) is 0 Å². The smallest absolute Gasteiger partial charge is 0.214 e. The standard InChI is InChI=1S/C17H22FN5/c1-14(20-16-6-4-5-15(18)21-16)13-22-9-11-23(12-10-22)17-7-2-3-8-19-17/h2-8,14H,9-13H2,1H3,(H,20,21). The van der Waals surface area contributed by atoms with Gasteiger partial charge in [0.15, 0.2) is 0 Å². The molecule has 1 unspecified atom stereocenters. The number of anilines is 2.